The minimum absolute atomic E-state index is 0.0256. The van der Waals surface area contributed by atoms with Crippen molar-refractivity contribution < 1.29 is 14.5 Å². The van der Waals surface area contributed by atoms with Gasteiger partial charge in [-0.25, -0.2) is 9.97 Å². The summed E-state index contributed by atoms with van der Waals surface area (Å²) >= 11 is 0. The Morgan fingerprint density at radius 3 is 2.43 bits per heavy atom. The third-order valence-corrected chi connectivity index (χ3v) is 6.47. The highest BCUT2D eigenvalue weighted by atomic mass is 16.6. The Kier molecular flexibility index (Phi) is 8.12. The van der Waals surface area contributed by atoms with Gasteiger partial charge in [-0.15, -0.1) is 0 Å². The van der Waals surface area contributed by atoms with E-state index >= 15 is 0 Å². The van der Waals surface area contributed by atoms with Crippen molar-refractivity contribution in [1.82, 2.24) is 14.9 Å². The van der Waals surface area contributed by atoms with E-state index in [1.165, 1.54) is 18.2 Å². The van der Waals surface area contributed by atoms with Gasteiger partial charge in [-0.3, -0.25) is 14.9 Å². The Labute approximate surface area is 216 Å². The minimum Gasteiger partial charge on any atom is -0.497 e. The van der Waals surface area contributed by atoms with Crippen molar-refractivity contribution >= 4 is 23.5 Å². The van der Waals surface area contributed by atoms with Crippen LogP contribution >= 0.6 is 0 Å². The second kappa shape index (κ2) is 11.6. The molecule has 0 unspecified atom stereocenters. The number of hydrogen-bond donors (Lipinski definition) is 0. The largest absolute Gasteiger partial charge is 0.497 e. The Hall–Kier alpha value is -4.27. The molecule has 9 nitrogen and oxygen atoms in total. The van der Waals surface area contributed by atoms with Crippen molar-refractivity contribution in [3.05, 3.63) is 92.9 Å². The summed E-state index contributed by atoms with van der Waals surface area (Å²) in [7, 11) is 1.66. The number of methoxy groups -OCH3 is 1. The summed E-state index contributed by atoms with van der Waals surface area (Å²) in [5, 5.41) is 10.8. The molecule has 4 rings (SSSR count). The number of aromatic nitrogens is 2. The van der Waals surface area contributed by atoms with Gasteiger partial charge in [0.15, 0.2) is 0 Å². The number of nitrogens with zero attached hydrogens (tertiary/aromatic N) is 5. The number of nitro groups is 1. The van der Waals surface area contributed by atoms with Crippen LogP contribution in [0.4, 0.5) is 11.5 Å². The molecule has 3 aromatic rings. The number of ether oxygens (including phenoxy) is 1. The average Bonchev–Trinajstić information content (AvgIpc) is 3.16. The monoisotopic (exact) mass is 501 g/mol. The van der Waals surface area contributed by atoms with E-state index in [0.29, 0.717) is 26.1 Å². The fourth-order valence-corrected chi connectivity index (χ4v) is 4.46. The lowest BCUT2D eigenvalue weighted by atomic mass is 10.0. The molecule has 2 heterocycles. The third-order valence-electron chi connectivity index (χ3n) is 6.47. The first-order valence-corrected chi connectivity index (χ1v) is 12.3. The predicted octanol–water partition coefficient (Wildman–Crippen LogP) is 4.35. The van der Waals surface area contributed by atoms with Crippen LogP contribution in [-0.4, -0.2) is 59.0 Å². The van der Waals surface area contributed by atoms with Gasteiger partial charge < -0.3 is 14.5 Å². The molecule has 1 aromatic heterocycles. The van der Waals surface area contributed by atoms with Crippen LogP contribution in [-0.2, 0) is 11.2 Å². The maximum atomic E-state index is 12.9. The van der Waals surface area contributed by atoms with Crippen LogP contribution in [0.15, 0.2) is 54.6 Å². The Bertz CT molecular complexity index is 1290. The molecule has 1 amide bonds. The molecule has 0 atom stereocenters. The zero-order valence-corrected chi connectivity index (χ0v) is 21.4. The highest BCUT2D eigenvalue weighted by Gasteiger charge is 2.22. The van der Waals surface area contributed by atoms with Gasteiger partial charge in [0.05, 0.1) is 12.0 Å². The summed E-state index contributed by atoms with van der Waals surface area (Å²) in [4.78, 5) is 36.8. The smallest absolute Gasteiger partial charge is 0.269 e. The van der Waals surface area contributed by atoms with Gasteiger partial charge in [-0.1, -0.05) is 12.1 Å². The van der Waals surface area contributed by atoms with Gasteiger partial charge in [-0.2, -0.15) is 0 Å². The highest BCUT2D eigenvalue weighted by Crippen LogP contribution is 2.26. The second-order valence-corrected chi connectivity index (χ2v) is 9.03. The molecule has 37 heavy (non-hydrogen) atoms. The predicted molar refractivity (Wildman–Crippen MR) is 143 cm³/mol. The number of non-ortho nitro benzene ring substituents is 1. The topological polar surface area (TPSA) is 102 Å². The summed E-state index contributed by atoms with van der Waals surface area (Å²) in [5.41, 5.74) is 3.97. The summed E-state index contributed by atoms with van der Waals surface area (Å²) in [6.07, 6.45) is 4.76. The van der Waals surface area contributed by atoms with Crippen molar-refractivity contribution in [3.8, 4) is 5.75 Å². The van der Waals surface area contributed by atoms with Gasteiger partial charge in [0.2, 0.25) is 5.91 Å². The van der Waals surface area contributed by atoms with Gasteiger partial charge in [0, 0.05) is 62.1 Å². The molecule has 0 radical (unpaired) electrons. The second-order valence-electron chi connectivity index (χ2n) is 9.03. The van der Waals surface area contributed by atoms with Crippen molar-refractivity contribution in [2.45, 2.75) is 26.7 Å². The maximum Gasteiger partial charge on any atom is 0.269 e. The Morgan fingerprint density at radius 2 is 1.76 bits per heavy atom. The number of hydrogen-bond acceptors (Lipinski definition) is 7. The molecule has 2 aromatic carbocycles. The zero-order valence-electron chi connectivity index (χ0n) is 21.4. The molecular weight excluding hydrogens is 470 g/mol. The van der Waals surface area contributed by atoms with Crippen LogP contribution in [0.3, 0.4) is 0 Å². The SMILES string of the molecule is COc1ccc(Cc2c(C)nc(C)nc2N2CCCN(C(=O)C=Cc3ccc([N+](=O)[O-])cc3)CC2)cc1. The Balaban J connectivity index is 1.46. The summed E-state index contributed by atoms with van der Waals surface area (Å²) in [6, 6.07) is 14.2. The molecule has 0 saturated carbocycles. The minimum atomic E-state index is -0.440. The molecule has 0 N–H and O–H groups in total. The highest BCUT2D eigenvalue weighted by molar-refractivity contribution is 5.91. The van der Waals surface area contributed by atoms with Crippen LogP contribution in [0.2, 0.25) is 0 Å². The van der Waals surface area contributed by atoms with Crippen LogP contribution in [0.25, 0.3) is 6.08 Å². The van der Waals surface area contributed by atoms with E-state index in [9.17, 15) is 14.9 Å². The lowest BCUT2D eigenvalue weighted by molar-refractivity contribution is -0.384. The normalized spacial score (nSPS) is 14.0. The van der Waals surface area contributed by atoms with E-state index < -0.39 is 4.92 Å². The molecule has 9 heteroatoms. The molecule has 0 bridgehead atoms. The first-order chi connectivity index (χ1) is 17.8. The number of anilines is 1. The van der Waals surface area contributed by atoms with E-state index in [1.54, 1.807) is 25.3 Å². The lowest BCUT2D eigenvalue weighted by Crippen LogP contribution is -2.35. The standard InChI is InChI=1S/C28H31N5O4/c1-20-26(19-23-7-12-25(37-3)13-8-23)28(30-21(2)29-20)32-16-4-15-31(17-18-32)27(34)14-9-22-5-10-24(11-6-22)33(35)36/h5-14H,4,15-19H2,1-3H3. The van der Waals surface area contributed by atoms with E-state index in [2.05, 4.69) is 22.0 Å². The van der Waals surface area contributed by atoms with Crippen molar-refractivity contribution in [2.75, 3.05) is 38.2 Å². The molecule has 0 aliphatic carbocycles. The summed E-state index contributed by atoms with van der Waals surface area (Å²) in [5.74, 6) is 2.40. The number of benzene rings is 2. The van der Waals surface area contributed by atoms with Crippen molar-refractivity contribution in [1.29, 1.82) is 0 Å². The fraction of sp³-hybridized carbons (Fsp3) is 0.321. The number of amides is 1. The van der Waals surface area contributed by atoms with Crippen LogP contribution in [0.1, 0.15) is 34.6 Å². The summed E-state index contributed by atoms with van der Waals surface area (Å²) in [6.45, 7) is 6.62. The van der Waals surface area contributed by atoms with Crippen LogP contribution in [0, 0.1) is 24.0 Å². The van der Waals surface area contributed by atoms with E-state index in [4.69, 9.17) is 9.72 Å². The molecule has 1 saturated heterocycles. The lowest BCUT2D eigenvalue weighted by Gasteiger charge is -2.26. The van der Waals surface area contributed by atoms with Gasteiger partial charge in [0.1, 0.15) is 17.4 Å². The first-order valence-electron chi connectivity index (χ1n) is 12.3. The first kappa shape index (κ1) is 25.8. The molecule has 1 aliphatic rings. The molecule has 0 spiro atoms. The molecule has 192 valence electrons. The van der Waals surface area contributed by atoms with E-state index in [0.717, 1.165) is 52.7 Å². The van der Waals surface area contributed by atoms with Gasteiger partial charge >= 0.3 is 0 Å². The molecule has 1 aliphatic heterocycles. The van der Waals surface area contributed by atoms with E-state index in [1.807, 2.05) is 30.9 Å². The van der Waals surface area contributed by atoms with Gasteiger partial charge in [0.25, 0.3) is 5.69 Å². The molecule has 1 fully saturated rings. The zero-order chi connectivity index (χ0) is 26.4. The fourth-order valence-electron chi connectivity index (χ4n) is 4.46. The number of aryl methyl sites for hydroxylation is 2. The average molecular weight is 502 g/mol. The molecular formula is C28H31N5O4. The van der Waals surface area contributed by atoms with Crippen molar-refractivity contribution in [2.24, 2.45) is 0 Å². The third kappa shape index (κ3) is 6.49. The number of rotatable bonds is 7. The van der Waals surface area contributed by atoms with Crippen LogP contribution < -0.4 is 9.64 Å². The maximum absolute atomic E-state index is 12.9. The number of carbonyl (C=O) groups is 1. The number of nitro benzene ring substituents is 1. The Morgan fingerprint density at radius 1 is 1.03 bits per heavy atom. The van der Waals surface area contributed by atoms with Crippen LogP contribution in [0.5, 0.6) is 5.75 Å². The number of carbonyl (C=O) groups excluding carboxylic acids is 1. The summed E-state index contributed by atoms with van der Waals surface area (Å²) < 4.78 is 5.28. The van der Waals surface area contributed by atoms with Gasteiger partial charge in [-0.05, 0) is 61.7 Å². The van der Waals surface area contributed by atoms with Crippen molar-refractivity contribution in [3.63, 3.8) is 0 Å². The quantitative estimate of drug-likeness (QED) is 0.269. The van der Waals surface area contributed by atoms with E-state index in [-0.39, 0.29) is 11.6 Å².